The number of ether oxygens (including phenoxy) is 1. The van der Waals surface area contributed by atoms with E-state index in [0.717, 1.165) is 16.5 Å². The molecule has 1 saturated heterocycles. The Hall–Kier alpha value is -1.56. The van der Waals surface area contributed by atoms with Crippen molar-refractivity contribution in [3.8, 4) is 0 Å². The van der Waals surface area contributed by atoms with Crippen molar-refractivity contribution >= 4 is 33.6 Å². The van der Waals surface area contributed by atoms with Crippen molar-refractivity contribution in [2.24, 2.45) is 0 Å². The molecule has 1 aromatic carbocycles. The third-order valence-electron chi connectivity index (χ3n) is 3.57. The number of nitrogens with one attached hydrogen (secondary N) is 1. The summed E-state index contributed by atoms with van der Waals surface area (Å²) >= 11 is 3.45. The van der Waals surface area contributed by atoms with Crippen LogP contribution in [0.4, 0.5) is 10.5 Å². The first-order valence-corrected chi connectivity index (χ1v) is 8.53. The summed E-state index contributed by atoms with van der Waals surface area (Å²) < 4.78 is 6.22. The minimum Gasteiger partial charge on any atom is -0.444 e. The Kier molecular flexibility index (Phi) is 5.34. The highest BCUT2D eigenvalue weighted by atomic mass is 79.9. The highest BCUT2D eigenvalue weighted by Crippen LogP contribution is 2.26. The number of halogens is 1. The number of nitrogens with zero attached hydrogens (tertiary/aromatic N) is 1. The molecule has 5 nitrogen and oxygen atoms in total. The van der Waals surface area contributed by atoms with Crippen LogP contribution >= 0.6 is 15.9 Å². The van der Waals surface area contributed by atoms with Gasteiger partial charge in [-0.2, -0.15) is 0 Å². The Morgan fingerprint density at radius 2 is 2.04 bits per heavy atom. The number of carbonyl (C=O) groups excluding carboxylic acids is 2. The first-order chi connectivity index (χ1) is 10.7. The maximum Gasteiger partial charge on any atom is 0.410 e. The number of hydrogen-bond acceptors (Lipinski definition) is 3. The SMILES string of the molecule is Cc1ccc(NC(=O)C2CCCN2C(=O)OC(C)(C)C)c(Br)c1. The van der Waals surface area contributed by atoms with E-state index in [1.165, 1.54) is 4.90 Å². The van der Waals surface area contributed by atoms with Gasteiger partial charge in [-0.1, -0.05) is 6.07 Å². The largest absolute Gasteiger partial charge is 0.444 e. The topological polar surface area (TPSA) is 58.6 Å². The van der Waals surface area contributed by atoms with Crippen molar-refractivity contribution in [1.29, 1.82) is 0 Å². The molecule has 1 aromatic rings. The highest BCUT2D eigenvalue weighted by Gasteiger charge is 2.36. The lowest BCUT2D eigenvalue weighted by Gasteiger charge is -2.28. The molecule has 23 heavy (non-hydrogen) atoms. The summed E-state index contributed by atoms with van der Waals surface area (Å²) in [5.74, 6) is -0.182. The molecule has 1 aliphatic heterocycles. The van der Waals surface area contributed by atoms with Gasteiger partial charge in [0.05, 0.1) is 5.69 Å². The lowest BCUT2D eigenvalue weighted by molar-refractivity contribution is -0.120. The van der Waals surface area contributed by atoms with Gasteiger partial charge >= 0.3 is 6.09 Å². The minimum absolute atomic E-state index is 0.182. The number of aryl methyl sites for hydroxylation is 1. The number of likely N-dealkylation sites (tertiary alicyclic amines) is 1. The molecular formula is C17H23BrN2O3. The summed E-state index contributed by atoms with van der Waals surface area (Å²) in [7, 11) is 0. The predicted octanol–water partition coefficient (Wildman–Crippen LogP) is 4.10. The lowest BCUT2D eigenvalue weighted by Crippen LogP contribution is -2.45. The molecule has 0 spiro atoms. The fraction of sp³-hybridized carbons (Fsp3) is 0.529. The second-order valence-electron chi connectivity index (χ2n) is 6.80. The van der Waals surface area contributed by atoms with Gasteiger partial charge in [0.15, 0.2) is 0 Å². The molecule has 1 aliphatic rings. The summed E-state index contributed by atoms with van der Waals surface area (Å²) in [5, 5.41) is 2.89. The molecule has 1 fully saturated rings. The zero-order valence-electron chi connectivity index (χ0n) is 14.0. The van der Waals surface area contributed by atoms with Crippen LogP contribution in [0.15, 0.2) is 22.7 Å². The molecule has 6 heteroatoms. The Morgan fingerprint density at radius 1 is 1.35 bits per heavy atom. The van der Waals surface area contributed by atoms with E-state index in [4.69, 9.17) is 4.74 Å². The Balaban J connectivity index is 2.07. The van der Waals surface area contributed by atoms with Crippen LogP contribution in [-0.4, -0.2) is 35.1 Å². The standard InChI is InChI=1S/C17H23BrN2O3/c1-11-7-8-13(12(18)10-11)19-15(21)14-6-5-9-20(14)16(22)23-17(2,3)4/h7-8,10,14H,5-6,9H2,1-4H3,(H,19,21). The number of carbonyl (C=O) groups is 2. The summed E-state index contributed by atoms with van der Waals surface area (Å²) in [6.07, 6.45) is 1.01. The minimum atomic E-state index is -0.569. The second kappa shape index (κ2) is 6.91. The maximum atomic E-state index is 12.6. The van der Waals surface area contributed by atoms with Crippen LogP contribution in [-0.2, 0) is 9.53 Å². The van der Waals surface area contributed by atoms with Crippen LogP contribution in [0.2, 0.25) is 0 Å². The molecule has 0 aliphatic carbocycles. The average Bonchev–Trinajstić information content (AvgIpc) is 2.89. The van der Waals surface area contributed by atoms with Gasteiger partial charge in [0.2, 0.25) is 5.91 Å². The molecular weight excluding hydrogens is 360 g/mol. The number of rotatable bonds is 2. The van der Waals surface area contributed by atoms with Crippen molar-refractivity contribution in [3.05, 3.63) is 28.2 Å². The molecule has 2 amide bonds. The molecule has 0 bridgehead atoms. The average molecular weight is 383 g/mol. The van der Waals surface area contributed by atoms with Crippen LogP contribution in [0.5, 0.6) is 0 Å². The fourth-order valence-electron chi connectivity index (χ4n) is 2.52. The Bertz CT molecular complexity index is 610. The molecule has 1 heterocycles. The van der Waals surface area contributed by atoms with E-state index < -0.39 is 17.7 Å². The second-order valence-corrected chi connectivity index (χ2v) is 7.66. The number of amides is 2. The Labute approximate surface area is 145 Å². The molecule has 126 valence electrons. The normalized spacial score (nSPS) is 18.0. The quantitative estimate of drug-likeness (QED) is 0.837. The van der Waals surface area contributed by atoms with Crippen LogP contribution in [0.25, 0.3) is 0 Å². The van der Waals surface area contributed by atoms with Gasteiger partial charge in [-0.25, -0.2) is 4.79 Å². The van der Waals surface area contributed by atoms with Crippen molar-refractivity contribution in [1.82, 2.24) is 4.90 Å². The zero-order chi connectivity index (χ0) is 17.2. The molecule has 2 rings (SSSR count). The summed E-state index contributed by atoms with van der Waals surface area (Å²) in [4.78, 5) is 26.3. The van der Waals surface area contributed by atoms with Crippen LogP contribution in [0.3, 0.4) is 0 Å². The zero-order valence-corrected chi connectivity index (χ0v) is 15.6. The number of hydrogen-bond donors (Lipinski definition) is 1. The first-order valence-electron chi connectivity index (χ1n) is 7.74. The number of anilines is 1. The summed E-state index contributed by atoms with van der Waals surface area (Å²) in [6.45, 7) is 7.98. The predicted molar refractivity (Wildman–Crippen MR) is 93.5 cm³/mol. The van der Waals surface area contributed by atoms with Gasteiger partial charge < -0.3 is 10.1 Å². The van der Waals surface area contributed by atoms with Gasteiger partial charge in [-0.15, -0.1) is 0 Å². The van der Waals surface area contributed by atoms with Crippen LogP contribution in [0.1, 0.15) is 39.2 Å². The smallest absolute Gasteiger partial charge is 0.410 e. The van der Waals surface area contributed by atoms with Crippen molar-refractivity contribution in [3.63, 3.8) is 0 Å². The van der Waals surface area contributed by atoms with Crippen molar-refractivity contribution in [2.75, 3.05) is 11.9 Å². The van der Waals surface area contributed by atoms with E-state index in [0.29, 0.717) is 18.7 Å². The van der Waals surface area contributed by atoms with Gasteiger partial charge in [0.25, 0.3) is 0 Å². The van der Waals surface area contributed by atoms with Gasteiger partial charge in [-0.05, 0) is 74.2 Å². The lowest BCUT2D eigenvalue weighted by atomic mass is 10.2. The first kappa shape index (κ1) is 17.8. The molecule has 0 aromatic heterocycles. The summed E-state index contributed by atoms with van der Waals surface area (Å²) in [5.41, 5.74) is 1.24. The maximum absolute atomic E-state index is 12.6. The van der Waals surface area contributed by atoms with E-state index >= 15 is 0 Å². The molecule has 1 unspecified atom stereocenters. The fourth-order valence-corrected chi connectivity index (χ4v) is 3.11. The summed E-state index contributed by atoms with van der Waals surface area (Å²) in [6, 6.07) is 5.23. The molecule has 0 radical (unpaired) electrons. The van der Waals surface area contributed by atoms with E-state index in [-0.39, 0.29) is 5.91 Å². The van der Waals surface area contributed by atoms with Gasteiger partial charge in [-0.3, -0.25) is 9.69 Å². The van der Waals surface area contributed by atoms with E-state index in [9.17, 15) is 9.59 Å². The molecule has 1 atom stereocenters. The highest BCUT2D eigenvalue weighted by molar-refractivity contribution is 9.10. The van der Waals surface area contributed by atoms with Crippen molar-refractivity contribution in [2.45, 2.75) is 52.2 Å². The number of benzene rings is 1. The van der Waals surface area contributed by atoms with Crippen LogP contribution in [0, 0.1) is 6.92 Å². The van der Waals surface area contributed by atoms with E-state index in [1.807, 2.05) is 45.9 Å². The molecule has 0 saturated carbocycles. The van der Waals surface area contributed by atoms with Crippen LogP contribution < -0.4 is 5.32 Å². The van der Waals surface area contributed by atoms with Gasteiger partial charge in [0, 0.05) is 11.0 Å². The van der Waals surface area contributed by atoms with Crippen molar-refractivity contribution < 1.29 is 14.3 Å². The van der Waals surface area contributed by atoms with E-state index in [2.05, 4.69) is 21.2 Å². The third kappa shape index (κ3) is 4.70. The third-order valence-corrected chi connectivity index (χ3v) is 4.22. The monoisotopic (exact) mass is 382 g/mol. The van der Waals surface area contributed by atoms with Gasteiger partial charge in [0.1, 0.15) is 11.6 Å². The Morgan fingerprint density at radius 3 is 2.65 bits per heavy atom. The molecule has 1 N–H and O–H groups in total. The van der Waals surface area contributed by atoms with E-state index in [1.54, 1.807) is 0 Å².